The molecule has 112 valence electrons. The van der Waals surface area contributed by atoms with Gasteiger partial charge in [0.15, 0.2) is 0 Å². The zero-order valence-electron chi connectivity index (χ0n) is 12.6. The van der Waals surface area contributed by atoms with E-state index in [0.717, 1.165) is 18.2 Å². The Morgan fingerprint density at radius 3 is 2.62 bits per heavy atom. The molecule has 21 heavy (non-hydrogen) atoms. The maximum atomic E-state index is 4.08. The van der Waals surface area contributed by atoms with Crippen LogP contribution >= 0.6 is 11.8 Å². The summed E-state index contributed by atoms with van der Waals surface area (Å²) in [5.74, 6) is 0. The fourth-order valence-electron chi connectivity index (χ4n) is 2.99. The van der Waals surface area contributed by atoms with Gasteiger partial charge in [-0.1, -0.05) is 31.4 Å². The minimum Gasteiger partial charge on any atom is -0.337 e. The lowest BCUT2D eigenvalue weighted by Gasteiger charge is -2.20. The van der Waals surface area contributed by atoms with E-state index in [0.29, 0.717) is 0 Å². The normalized spacial score (nSPS) is 16.2. The molecule has 0 bridgehead atoms. The highest BCUT2D eigenvalue weighted by molar-refractivity contribution is 8.00. The van der Waals surface area contributed by atoms with E-state index >= 15 is 0 Å². The highest BCUT2D eigenvalue weighted by Crippen LogP contribution is 2.33. The number of aryl methyl sites for hydroxylation is 2. The molecule has 1 saturated carbocycles. The molecule has 0 atom stereocenters. The van der Waals surface area contributed by atoms with Crippen LogP contribution in [-0.4, -0.2) is 14.8 Å². The van der Waals surface area contributed by atoms with Crippen molar-refractivity contribution >= 4 is 11.8 Å². The van der Waals surface area contributed by atoms with Gasteiger partial charge >= 0.3 is 0 Å². The molecule has 2 nitrogen and oxygen atoms in total. The maximum absolute atomic E-state index is 4.08. The molecule has 1 fully saturated rings. The first kappa shape index (κ1) is 14.7. The summed E-state index contributed by atoms with van der Waals surface area (Å²) < 4.78 is 2.15. The molecule has 3 heteroatoms. The average molecular weight is 300 g/mol. The van der Waals surface area contributed by atoms with Crippen LogP contribution in [0, 0.1) is 0 Å². The molecule has 0 spiro atoms. The number of hydrogen-bond acceptors (Lipinski definition) is 2. The summed E-state index contributed by atoms with van der Waals surface area (Å²) in [4.78, 5) is 5.52. The summed E-state index contributed by atoms with van der Waals surface area (Å²) in [7, 11) is 0. The van der Waals surface area contributed by atoms with Gasteiger partial charge in [0.05, 0.1) is 6.33 Å². The Morgan fingerprint density at radius 1 is 1.10 bits per heavy atom. The molecule has 0 saturated heterocycles. The van der Waals surface area contributed by atoms with Gasteiger partial charge in [-0.15, -0.1) is 11.8 Å². The van der Waals surface area contributed by atoms with Crippen LogP contribution in [0.2, 0.25) is 0 Å². The molecule has 1 heterocycles. The molecule has 0 amide bonds. The number of aromatic nitrogens is 2. The predicted octanol–water partition coefficient (Wildman–Crippen LogP) is 4.94. The van der Waals surface area contributed by atoms with Crippen LogP contribution in [0.4, 0.5) is 0 Å². The molecule has 0 aliphatic heterocycles. The van der Waals surface area contributed by atoms with Gasteiger partial charge in [0.2, 0.25) is 0 Å². The van der Waals surface area contributed by atoms with Crippen molar-refractivity contribution in [2.75, 3.05) is 0 Å². The Balaban J connectivity index is 1.44. The lowest BCUT2D eigenvalue weighted by molar-refractivity contribution is 0.516. The van der Waals surface area contributed by atoms with E-state index in [1.165, 1.54) is 49.0 Å². The highest BCUT2D eigenvalue weighted by Gasteiger charge is 2.14. The molecule has 1 aliphatic carbocycles. The molecule has 1 aromatic carbocycles. The van der Waals surface area contributed by atoms with E-state index in [2.05, 4.69) is 45.6 Å². The largest absolute Gasteiger partial charge is 0.337 e. The quantitative estimate of drug-likeness (QED) is 0.752. The van der Waals surface area contributed by atoms with Gasteiger partial charge < -0.3 is 4.57 Å². The van der Waals surface area contributed by atoms with Crippen LogP contribution in [0.15, 0.2) is 47.9 Å². The lowest BCUT2D eigenvalue weighted by Crippen LogP contribution is -2.07. The smallest absolute Gasteiger partial charge is 0.0945 e. The van der Waals surface area contributed by atoms with Crippen molar-refractivity contribution in [3.8, 4) is 0 Å². The molecule has 0 N–H and O–H groups in total. The van der Waals surface area contributed by atoms with Gasteiger partial charge in [-0.25, -0.2) is 4.98 Å². The summed E-state index contributed by atoms with van der Waals surface area (Å²) >= 11 is 2.08. The monoisotopic (exact) mass is 300 g/mol. The average Bonchev–Trinajstić information content (AvgIpc) is 3.03. The topological polar surface area (TPSA) is 17.8 Å². The van der Waals surface area contributed by atoms with Gasteiger partial charge in [0, 0.05) is 29.1 Å². The van der Waals surface area contributed by atoms with E-state index in [1.54, 1.807) is 0 Å². The van der Waals surface area contributed by atoms with Crippen molar-refractivity contribution in [3.63, 3.8) is 0 Å². The zero-order valence-corrected chi connectivity index (χ0v) is 13.4. The van der Waals surface area contributed by atoms with Crippen LogP contribution in [0.3, 0.4) is 0 Å². The number of imidazole rings is 1. The second-order valence-corrected chi connectivity index (χ2v) is 7.30. The second kappa shape index (κ2) is 7.69. The van der Waals surface area contributed by atoms with Gasteiger partial charge in [-0.3, -0.25) is 0 Å². The molecule has 1 aliphatic rings. The van der Waals surface area contributed by atoms with Crippen LogP contribution in [0.1, 0.15) is 44.1 Å². The standard InChI is InChI=1S/C18H24N2S/c1-2-6-17(7-3-1)21-18-10-8-16(9-11-18)5-4-13-20-14-12-19-15-20/h8-12,14-15,17H,1-7,13H2. The van der Waals surface area contributed by atoms with Crippen LogP contribution in [0.5, 0.6) is 0 Å². The van der Waals surface area contributed by atoms with Crippen LogP contribution in [-0.2, 0) is 13.0 Å². The maximum Gasteiger partial charge on any atom is 0.0945 e. The second-order valence-electron chi connectivity index (χ2n) is 5.93. The molecule has 3 rings (SSSR count). The summed E-state index contributed by atoms with van der Waals surface area (Å²) in [6, 6.07) is 9.23. The Hall–Kier alpha value is -1.22. The molecule has 1 aromatic heterocycles. The van der Waals surface area contributed by atoms with Crippen molar-refractivity contribution in [2.24, 2.45) is 0 Å². The van der Waals surface area contributed by atoms with Crippen LogP contribution in [0.25, 0.3) is 0 Å². The first-order valence-corrected chi connectivity index (χ1v) is 8.99. The SMILES string of the molecule is c1cn(CCCc2ccc(SC3CCCCC3)cc2)cn1. The lowest BCUT2D eigenvalue weighted by atomic mass is 10.0. The molecule has 2 aromatic rings. The molecular formula is C18H24N2S. The fraction of sp³-hybridized carbons (Fsp3) is 0.500. The number of benzene rings is 1. The first-order valence-electron chi connectivity index (χ1n) is 8.11. The van der Waals surface area contributed by atoms with E-state index in [1.807, 2.05) is 18.7 Å². The van der Waals surface area contributed by atoms with Crippen LogP contribution < -0.4 is 0 Å². The van der Waals surface area contributed by atoms with Gasteiger partial charge in [-0.05, 0) is 43.4 Å². The minimum atomic E-state index is 0.853. The van der Waals surface area contributed by atoms with E-state index in [9.17, 15) is 0 Å². The number of nitrogens with zero attached hydrogens (tertiary/aromatic N) is 2. The summed E-state index contributed by atoms with van der Waals surface area (Å²) in [6.45, 7) is 1.05. The summed E-state index contributed by atoms with van der Waals surface area (Å²) in [5, 5.41) is 0.853. The number of hydrogen-bond donors (Lipinski definition) is 0. The van der Waals surface area contributed by atoms with Gasteiger partial charge in [0.25, 0.3) is 0 Å². The molecule has 0 radical (unpaired) electrons. The third-order valence-electron chi connectivity index (χ3n) is 4.22. The highest BCUT2D eigenvalue weighted by atomic mass is 32.2. The molecule has 0 unspecified atom stereocenters. The fourth-order valence-corrected chi connectivity index (χ4v) is 4.24. The van der Waals surface area contributed by atoms with Crippen molar-refractivity contribution in [1.29, 1.82) is 0 Å². The Morgan fingerprint density at radius 2 is 1.90 bits per heavy atom. The van der Waals surface area contributed by atoms with Crippen molar-refractivity contribution in [2.45, 2.75) is 61.6 Å². The van der Waals surface area contributed by atoms with Crippen molar-refractivity contribution in [3.05, 3.63) is 48.5 Å². The van der Waals surface area contributed by atoms with E-state index in [-0.39, 0.29) is 0 Å². The minimum absolute atomic E-state index is 0.853. The summed E-state index contributed by atoms with van der Waals surface area (Å²) in [6.07, 6.45) is 15.2. The Bertz CT molecular complexity index is 513. The molecular weight excluding hydrogens is 276 g/mol. The van der Waals surface area contributed by atoms with Gasteiger partial charge in [0.1, 0.15) is 0 Å². The van der Waals surface area contributed by atoms with Gasteiger partial charge in [-0.2, -0.15) is 0 Å². The number of rotatable bonds is 6. The predicted molar refractivity (Wildman–Crippen MR) is 89.7 cm³/mol. The van der Waals surface area contributed by atoms with Crippen molar-refractivity contribution in [1.82, 2.24) is 9.55 Å². The zero-order chi connectivity index (χ0) is 14.3. The van der Waals surface area contributed by atoms with E-state index < -0.39 is 0 Å². The Kier molecular flexibility index (Phi) is 5.39. The summed E-state index contributed by atoms with van der Waals surface area (Å²) in [5.41, 5.74) is 1.45. The Labute approximate surface area is 132 Å². The third-order valence-corrected chi connectivity index (χ3v) is 5.57. The van der Waals surface area contributed by atoms with Crippen molar-refractivity contribution < 1.29 is 0 Å². The third kappa shape index (κ3) is 4.63. The van der Waals surface area contributed by atoms with E-state index in [4.69, 9.17) is 0 Å². The number of thioether (sulfide) groups is 1. The first-order chi connectivity index (χ1) is 10.4.